The van der Waals surface area contributed by atoms with Crippen molar-refractivity contribution in [1.29, 1.82) is 0 Å². The molecule has 1 saturated heterocycles. The van der Waals surface area contributed by atoms with E-state index >= 15 is 0 Å². The minimum atomic E-state index is -0.0660. The Morgan fingerprint density at radius 1 is 1.75 bits per heavy atom. The second-order valence-electron chi connectivity index (χ2n) is 1.77. The van der Waals surface area contributed by atoms with E-state index < -0.39 is 0 Å². The minimum absolute atomic E-state index is 0.0660. The molecule has 1 aliphatic heterocycles. The van der Waals surface area contributed by atoms with Crippen molar-refractivity contribution in [3.8, 4) is 0 Å². The highest BCUT2D eigenvalue weighted by Gasteiger charge is 2.09. The molecule has 8 heavy (non-hydrogen) atoms. The molecule has 3 heteroatoms. The molecule has 0 aromatic carbocycles. The molecule has 0 radical (unpaired) electrons. The molecule has 0 aromatic rings. The van der Waals surface area contributed by atoms with Crippen LogP contribution in [-0.4, -0.2) is 32.1 Å². The van der Waals surface area contributed by atoms with E-state index in [2.05, 4.69) is 5.32 Å². The Labute approximate surface area is 48.0 Å². The van der Waals surface area contributed by atoms with E-state index in [0.29, 0.717) is 6.61 Å². The highest BCUT2D eigenvalue weighted by Crippen LogP contribution is 1.87. The Morgan fingerprint density at radius 2 is 2.62 bits per heavy atom. The first kappa shape index (κ1) is 5.72. The lowest BCUT2D eigenvalue weighted by Crippen LogP contribution is -2.42. The molecule has 0 bridgehead atoms. The van der Waals surface area contributed by atoms with E-state index in [1.807, 2.05) is 0 Å². The van der Waals surface area contributed by atoms with Crippen molar-refractivity contribution in [2.24, 2.45) is 0 Å². The molecule has 1 aliphatic rings. The number of hydrogen-bond acceptors (Lipinski definition) is 3. The number of morpholine rings is 1. The molecule has 46 valence electrons. The van der Waals surface area contributed by atoms with E-state index in [-0.39, 0.29) is 6.04 Å². The van der Waals surface area contributed by atoms with E-state index in [4.69, 9.17) is 4.74 Å². The van der Waals surface area contributed by atoms with Gasteiger partial charge in [0, 0.05) is 6.54 Å². The van der Waals surface area contributed by atoms with Crippen LogP contribution in [0.1, 0.15) is 0 Å². The molecule has 1 heterocycles. The van der Waals surface area contributed by atoms with E-state index in [1.54, 1.807) is 0 Å². The van der Waals surface area contributed by atoms with Crippen LogP contribution in [0.25, 0.3) is 0 Å². The van der Waals surface area contributed by atoms with Crippen molar-refractivity contribution in [3.63, 3.8) is 0 Å². The predicted octanol–water partition coefficient (Wildman–Crippen LogP) is -0.826. The van der Waals surface area contributed by atoms with Gasteiger partial charge in [0.15, 0.2) is 0 Å². The number of carbonyl (C=O) groups is 1. The molecule has 0 spiro atoms. The molecule has 3 nitrogen and oxygen atoms in total. The first-order valence-electron chi connectivity index (χ1n) is 2.70. The summed E-state index contributed by atoms with van der Waals surface area (Å²) in [5.74, 6) is 0. The average molecular weight is 115 g/mol. The summed E-state index contributed by atoms with van der Waals surface area (Å²) < 4.78 is 4.98. The molecular formula is C5H9NO2. The maximum Gasteiger partial charge on any atom is 0.139 e. The van der Waals surface area contributed by atoms with Crippen LogP contribution in [0.2, 0.25) is 0 Å². The quantitative estimate of drug-likeness (QED) is 0.453. The van der Waals surface area contributed by atoms with Crippen LogP contribution >= 0.6 is 0 Å². The van der Waals surface area contributed by atoms with Crippen LogP contribution in [-0.2, 0) is 9.53 Å². The van der Waals surface area contributed by atoms with Gasteiger partial charge in [0.2, 0.25) is 0 Å². The molecular weight excluding hydrogens is 106 g/mol. The van der Waals surface area contributed by atoms with Gasteiger partial charge in [-0.15, -0.1) is 0 Å². The summed E-state index contributed by atoms with van der Waals surface area (Å²) in [7, 11) is 0. The standard InChI is InChI=1S/C5H9NO2/c7-3-5-4-8-2-1-6-5/h3,5-6H,1-2,4H2. The Morgan fingerprint density at radius 3 is 3.00 bits per heavy atom. The van der Waals surface area contributed by atoms with Gasteiger partial charge in [0.05, 0.1) is 19.3 Å². The number of hydrogen-bond donors (Lipinski definition) is 1. The van der Waals surface area contributed by atoms with Crippen molar-refractivity contribution in [2.75, 3.05) is 19.8 Å². The van der Waals surface area contributed by atoms with Gasteiger partial charge in [-0.2, -0.15) is 0 Å². The summed E-state index contributed by atoms with van der Waals surface area (Å²) in [4.78, 5) is 10.0. The molecule has 0 amide bonds. The van der Waals surface area contributed by atoms with Gasteiger partial charge < -0.3 is 14.8 Å². The van der Waals surface area contributed by atoms with Gasteiger partial charge in [-0.25, -0.2) is 0 Å². The third-order valence-corrected chi connectivity index (χ3v) is 1.11. The zero-order chi connectivity index (χ0) is 5.82. The second-order valence-corrected chi connectivity index (χ2v) is 1.77. The third kappa shape index (κ3) is 1.28. The lowest BCUT2D eigenvalue weighted by atomic mass is 10.3. The lowest BCUT2D eigenvalue weighted by molar-refractivity contribution is -0.112. The van der Waals surface area contributed by atoms with Crippen molar-refractivity contribution < 1.29 is 9.53 Å². The highest BCUT2D eigenvalue weighted by atomic mass is 16.5. The SMILES string of the molecule is O=CC1COCCN1. The van der Waals surface area contributed by atoms with Gasteiger partial charge >= 0.3 is 0 Å². The number of aldehydes is 1. The van der Waals surface area contributed by atoms with Crippen molar-refractivity contribution in [3.05, 3.63) is 0 Å². The Bertz CT molecular complexity index is 78.5. The normalized spacial score (nSPS) is 29.8. The van der Waals surface area contributed by atoms with Crippen LogP contribution in [0, 0.1) is 0 Å². The zero-order valence-electron chi connectivity index (χ0n) is 4.59. The molecule has 0 saturated carbocycles. The molecule has 1 N–H and O–H groups in total. The van der Waals surface area contributed by atoms with Crippen molar-refractivity contribution >= 4 is 6.29 Å². The number of nitrogens with one attached hydrogen (secondary N) is 1. The highest BCUT2D eigenvalue weighted by molar-refractivity contribution is 5.57. The average Bonchev–Trinajstić information content (AvgIpc) is 1.90. The van der Waals surface area contributed by atoms with Gasteiger partial charge in [0.1, 0.15) is 6.29 Å². The van der Waals surface area contributed by atoms with E-state index in [0.717, 1.165) is 19.4 Å². The molecule has 1 unspecified atom stereocenters. The maximum atomic E-state index is 10.0. The molecule has 0 aromatic heterocycles. The molecule has 0 aliphatic carbocycles. The van der Waals surface area contributed by atoms with Crippen molar-refractivity contribution in [1.82, 2.24) is 5.32 Å². The van der Waals surface area contributed by atoms with Gasteiger partial charge in [-0.1, -0.05) is 0 Å². The number of rotatable bonds is 1. The van der Waals surface area contributed by atoms with Crippen LogP contribution in [0.15, 0.2) is 0 Å². The Kier molecular flexibility index (Phi) is 2.00. The van der Waals surface area contributed by atoms with Crippen LogP contribution in [0.3, 0.4) is 0 Å². The van der Waals surface area contributed by atoms with Gasteiger partial charge in [0.25, 0.3) is 0 Å². The second kappa shape index (κ2) is 2.79. The third-order valence-electron chi connectivity index (χ3n) is 1.11. The fourth-order valence-corrected chi connectivity index (χ4v) is 0.673. The van der Waals surface area contributed by atoms with Gasteiger partial charge in [-0.05, 0) is 0 Å². The molecule has 1 rings (SSSR count). The Hall–Kier alpha value is -0.410. The monoisotopic (exact) mass is 115 g/mol. The topological polar surface area (TPSA) is 38.3 Å². The lowest BCUT2D eigenvalue weighted by Gasteiger charge is -2.17. The van der Waals surface area contributed by atoms with Crippen LogP contribution in [0.4, 0.5) is 0 Å². The predicted molar refractivity (Wildman–Crippen MR) is 28.7 cm³/mol. The maximum absolute atomic E-state index is 10.0. The first-order valence-corrected chi connectivity index (χ1v) is 2.70. The zero-order valence-corrected chi connectivity index (χ0v) is 4.59. The molecule has 1 fully saturated rings. The first-order chi connectivity index (χ1) is 3.93. The van der Waals surface area contributed by atoms with Crippen LogP contribution < -0.4 is 5.32 Å². The molecule has 1 atom stereocenters. The van der Waals surface area contributed by atoms with E-state index in [1.165, 1.54) is 0 Å². The summed E-state index contributed by atoms with van der Waals surface area (Å²) in [6.07, 6.45) is 0.874. The summed E-state index contributed by atoms with van der Waals surface area (Å²) in [5, 5.41) is 2.98. The Balaban J connectivity index is 2.22. The number of ether oxygens (including phenoxy) is 1. The van der Waals surface area contributed by atoms with E-state index in [9.17, 15) is 4.79 Å². The summed E-state index contributed by atoms with van der Waals surface area (Å²) in [6.45, 7) is 2.05. The fraction of sp³-hybridized carbons (Fsp3) is 0.800. The largest absolute Gasteiger partial charge is 0.378 e. The summed E-state index contributed by atoms with van der Waals surface area (Å²) >= 11 is 0. The summed E-state index contributed by atoms with van der Waals surface area (Å²) in [5.41, 5.74) is 0. The van der Waals surface area contributed by atoms with Gasteiger partial charge in [-0.3, -0.25) is 0 Å². The fourth-order valence-electron chi connectivity index (χ4n) is 0.673. The minimum Gasteiger partial charge on any atom is -0.378 e. The number of carbonyl (C=O) groups excluding carboxylic acids is 1. The summed E-state index contributed by atoms with van der Waals surface area (Å²) in [6, 6.07) is -0.0660. The van der Waals surface area contributed by atoms with Crippen LogP contribution in [0.5, 0.6) is 0 Å². The van der Waals surface area contributed by atoms with Crippen molar-refractivity contribution in [2.45, 2.75) is 6.04 Å². The smallest absolute Gasteiger partial charge is 0.139 e.